The van der Waals surface area contributed by atoms with Gasteiger partial charge in [0.25, 0.3) is 0 Å². The molecule has 0 spiro atoms. The number of rotatable bonds is 0. The van der Waals surface area contributed by atoms with Crippen molar-refractivity contribution in [2.75, 3.05) is 14.1 Å². The number of aliphatic imine (C=N–C) groups is 1. The molecule has 1 aliphatic carbocycles. The molecule has 1 heterocycles. The molecule has 0 radical (unpaired) electrons. The van der Waals surface area contributed by atoms with Crippen LogP contribution in [-0.4, -0.2) is 47.5 Å². The second-order valence-electron chi connectivity index (χ2n) is 6.22. The van der Waals surface area contributed by atoms with Crippen LogP contribution in [0.5, 0.6) is 0 Å². The van der Waals surface area contributed by atoms with Gasteiger partial charge < -0.3 is 9.80 Å². The van der Waals surface area contributed by atoms with E-state index in [-0.39, 0.29) is 5.54 Å². The highest BCUT2D eigenvalue weighted by Crippen LogP contribution is 2.32. The fraction of sp³-hybridized carbons (Fsp3) is 0.923. The third kappa shape index (κ3) is 2.04. The molecule has 2 atom stereocenters. The van der Waals surface area contributed by atoms with Crippen LogP contribution < -0.4 is 0 Å². The Hall–Kier alpha value is -0.730. The lowest BCUT2D eigenvalue weighted by Gasteiger charge is -2.29. The van der Waals surface area contributed by atoms with Crippen LogP contribution in [0.1, 0.15) is 46.5 Å². The van der Waals surface area contributed by atoms with Crippen molar-refractivity contribution in [1.82, 2.24) is 9.80 Å². The molecule has 16 heavy (non-hydrogen) atoms. The summed E-state index contributed by atoms with van der Waals surface area (Å²) in [4.78, 5) is 9.66. The number of fused-ring (bicyclic) bond motifs is 1. The SMILES string of the molecule is CN1C(=NC(C)(C)C)N(C)[C@H]2CCCC[C@H]21. The van der Waals surface area contributed by atoms with Gasteiger partial charge in [-0.2, -0.15) is 0 Å². The summed E-state index contributed by atoms with van der Waals surface area (Å²) in [7, 11) is 4.41. The minimum Gasteiger partial charge on any atom is -0.341 e. The molecule has 1 aliphatic heterocycles. The van der Waals surface area contributed by atoms with E-state index in [1.165, 1.54) is 31.6 Å². The number of likely N-dealkylation sites (N-methyl/N-ethyl adjacent to an activating group) is 2. The van der Waals surface area contributed by atoms with Crippen molar-refractivity contribution in [3.05, 3.63) is 0 Å². The van der Waals surface area contributed by atoms with Crippen molar-refractivity contribution < 1.29 is 0 Å². The Morgan fingerprint density at radius 3 is 1.81 bits per heavy atom. The lowest BCUT2D eigenvalue weighted by Crippen LogP contribution is -2.37. The van der Waals surface area contributed by atoms with Crippen LogP contribution in [-0.2, 0) is 0 Å². The molecule has 2 aliphatic rings. The van der Waals surface area contributed by atoms with E-state index >= 15 is 0 Å². The maximum atomic E-state index is 4.86. The van der Waals surface area contributed by atoms with Crippen LogP contribution in [0, 0.1) is 0 Å². The molecule has 2 fully saturated rings. The summed E-state index contributed by atoms with van der Waals surface area (Å²) in [6.07, 6.45) is 5.41. The van der Waals surface area contributed by atoms with Gasteiger partial charge in [-0.3, -0.25) is 0 Å². The fourth-order valence-electron chi connectivity index (χ4n) is 3.00. The number of hydrogen-bond donors (Lipinski definition) is 0. The minimum atomic E-state index is 0.0192. The van der Waals surface area contributed by atoms with E-state index in [0.717, 1.165) is 0 Å². The van der Waals surface area contributed by atoms with E-state index in [9.17, 15) is 0 Å². The first-order valence-electron chi connectivity index (χ1n) is 6.46. The summed E-state index contributed by atoms with van der Waals surface area (Å²) in [6.45, 7) is 6.51. The molecule has 92 valence electrons. The first-order valence-corrected chi connectivity index (χ1v) is 6.46. The Labute approximate surface area is 99.5 Å². The number of nitrogens with zero attached hydrogens (tertiary/aromatic N) is 3. The van der Waals surface area contributed by atoms with Crippen LogP contribution in [0.3, 0.4) is 0 Å². The second kappa shape index (κ2) is 3.94. The number of hydrogen-bond acceptors (Lipinski definition) is 1. The lowest BCUT2D eigenvalue weighted by atomic mass is 9.91. The van der Waals surface area contributed by atoms with Gasteiger partial charge in [-0.25, -0.2) is 4.99 Å². The minimum absolute atomic E-state index is 0.0192. The summed E-state index contributed by atoms with van der Waals surface area (Å²) in [5, 5.41) is 0. The van der Waals surface area contributed by atoms with E-state index in [0.29, 0.717) is 12.1 Å². The molecular formula is C13H25N3. The Bertz CT molecular complexity index is 270. The monoisotopic (exact) mass is 223 g/mol. The molecule has 0 unspecified atom stereocenters. The van der Waals surface area contributed by atoms with Gasteiger partial charge in [0, 0.05) is 14.1 Å². The fourth-order valence-corrected chi connectivity index (χ4v) is 3.00. The topological polar surface area (TPSA) is 18.8 Å². The van der Waals surface area contributed by atoms with Crippen molar-refractivity contribution in [2.45, 2.75) is 64.1 Å². The molecular weight excluding hydrogens is 198 g/mol. The van der Waals surface area contributed by atoms with Gasteiger partial charge in [-0.15, -0.1) is 0 Å². The van der Waals surface area contributed by atoms with Gasteiger partial charge in [0.1, 0.15) is 0 Å². The Morgan fingerprint density at radius 1 is 1.00 bits per heavy atom. The Kier molecular flexibility index (Phi) is 2.89. The van der Waals surface area contributed by atoms with Gasteiger partial charge in [-0.1, -0.05) is 12.8 Å². The maximum Gasteiger partial charge on any atom is 0.197 e. The van der Waals surface area contributed by atoms with Crippen LogP contribution in [0.25, 0.3) is 0 Å². The van der Waals surface area contributed by atoms with Crippen molar-refractivity contribution in [1.29, 1.82) is 0 Å². The average molecular weight is 223 g/mol. The molecule has 3 nitrogen and oxygen atoms in total. The molecule has 0 aromatic carbocycles. The summed E-state index contributed by atoms with van der Waals surface area (Å²) in [5.41, 5.74) is 0.0192. The van der Waals surface area contributed by atoms with Crippen molar-refractivity contribution in [3.8, 4) is 0 Å². The summed E-state index contributed by atoms with van der Waals surface area (Å²) in [6, 6.07) is 1.39. The predicted octanol–water partition coefficient (Wildman–Crippen LogP) is 2.33. The number of guanidine groups is 1. The second-order valence-corrected chi connectivity index (χ2v) is 6.22. The third-order valence-electron chi connectivity index (χ3n) is 3.76. The first-order chi connectivity index (χ1) is 7.40. The van der Waals surface area contributed by atoms with Crippen molar-refractivity contribution >= 4 is 5.96 Å². The summed E-state index contributed by atoms with van der Waals surface area (Å²) >= 11 is 0. The predicted molar refractivity (Wildman–Crippen MR) is 68.8 cm³/mol. The van der Waals surface area contributed by atoms with E-state index < -0.39 is 0 Å². The molecule has 2 rings (SSSR count). The van der Waals surface area contributed by atoms with Crippen molar-refractivity contribution in [2.24, 2.45) is 4.99 Å². The quantitative estimate of drug-likeness (QED) is 0.627. The zero-order chi connectivity index (χ0) is 11.9. The molecule has 0 aromatic heterocycles. The zero-order valence-electron chi connectivity index (χ0n) is 11.3. The molecule has 0 bridgehead atoms. The van der Waals surface area contributed by atoms with Crippen LogP contribution >= 0.6 is 0 Å². The molecule has 0 N–H and O–H groups in total. The van der Waals surface area contributed by atoms with E-state index in [2.05, 4.69) is 44.7 Å². The Balaban J connectivity index is 2.25. The first kappa shape index (κ1) is 11.7. The van der Waals surface area contributed by atoms with Gasteiger partial charge in [0.15, 0.2) is 5.96 Å². The normalized spacial score (nSPS) is 33.4. The lowest BCUT2D eigenvalue weighted by molar-refractivity contribution is 0.233. The standard InChI is InChI=1S/C13H25N3/c1-13(2,3)14-12-15(4)10-8-6-7-9-11(10)16(12)5/h10-11H,6-9H2,1-5H3/t10-,11+. The zero-order valence-corrected chi connectivity index (χ0v) is 11.3. The van der Waals surface area contributed by atoms with Gasteiger partial charge >= 0.3 is 0 Å². The van der Waals surface area contributed by atoms with Crippen molar-refractivity contribution in [3.63, 3.8) is 0 Å². The molecule has 1 saturated carbocycles. The molecule has 0 amide bonds. The smallest absolute Gasteiger partial charge is 0.197 e. The third-order valence-corrected chi connectivity index (χ3v) is 3.76. The highest BCUT2D eigenvalue weighted by molar-refractivity contribution is 5.83. The van der Waals surface area contributed by atoms with Crippen LogP contribution in [0.4, 0.5) is 0 Å². The molecule has 0 aromatic rings. The van der Waals surface area contributed by atoms with E-state index in [1.807, 2.05) is 0 Å². The molecule has 3 heteroatoms. The van der Waals surface area contributed by atoms with E-state index in [4.69, 9.17) is 4.99 Å². The summed E-state index contributed by atoms with van der Waals surface area (Å²) < 4.78 is 0. The van der Waals surface area contributed by atoms with Crippen LogP contribution in [0.15, 0.2) is 4.99 Å². The van der Waals surface area contributed by atoms with Gasteiger partial charge in [0.05, 0.1) is 17.6 Å². The molecule has 1 saturated heterocycles. The van der Waals surface area contributed by atoms with Gasteiger partial charge in [0.2, 0.25) is 0 Å². The Morgan fingerprint density at radius 2 is 1.44 bits per heavy atom. The van der Waals surface area contributed by atoms with Gasteiger partial charge in [-0.05, 0) is 33.6 Å². The highest BCUT2D eigenvalue weighted by atomic mass is 15.5. The average Bonchev–Trinajstić information content (AvgIpc) is 2.43. The highest BCUT2D eigenvalue weighted by Gasteiger charge is 2.41. The van der Waals surface area contributed by atoms with Crippen LogP contribution in [0.2, 0.25) is 0 Å². The maximum absolute atomic E-state index is 4.86. The van der Waals surface area contributed by atoms with E-state index in [1.54, 1.807) is 0 Å². The summed E-state index contributed by atoms with van der Waals surface area (Å²) in [5.74, 6) is 1.18. The largest absolute Gasteiger partial charge is 0.341 e.